The van der Waals surface area contributed by atoms with Crippen LogP contribution < -0.4 is 4.74 Å². The second-order valence-corrected chi connectivity index (χ2v) is 6.16. The van der Waals surface area contributed by atoms with Gasteiger partial charge in [0.25, 0.3) is 0 Å². The Labute approximate surface area is 125 Å². The van der Waals surface area contributed by atoms with Gasteiger partial charge in [-0.2, -0.15) is 0 Å². The molecule has 1 nitrogen and oxygen atoms in total. The molecule has 0 unspecified atom stereocenters. The van der Waals surface area contributed by atoms with Crippen LogP contribution in [0, 0.1) is 5.92 Å². The van der Waals surface area contributed by atoms with Crippen LogP contribution in [0.1, 0.15) is 38.2 Å². The van der Waals surface area contributed by atoms with Gasteiger partial charge in [0.2, 0.25) is 0 Å². The molecule has 0 heterocycles. The number of rotatable bonds is 3. The first-order chi connectivity index (χ1) is 9.78. The molecule has 106 valence electrons. The van der Waals surface area contributed by atoms with Crippen LogP contribution in [0.5, 0.6) is 5.75 Å². The maximum atomic E-state index is 6.25. The number of halogens is 1. The van der Waals surface area contributed by atoms with Crippen LogP contribution >= 0.6 is 11.6 Å². The summed E-state index contributed by atoms with van der Waals surface area (Å²) in [6.45, 7) is 2.33. The number of fused-ring (bicyclic) bond motifs is 1. The smallest absolute Gasteiger partial charge is 0.124 e. The quantitative estimate of drug-likeness (QED) is 0.674. The molecule has 0 spiro atoms. The van der Waals surface area contributed by atoms with Gasteiger partial charge in [-0.25, -0.2) is 0 Å². The fourth-order valence-corrected chi connectivity index (χ4v) is 3.37. The lowest BCUT2D eigenvalue weighted by atomic mass is 9.89. The summed E-state index contributed by atoms with van der Waals surface area (Å²) in [6.07, 6.45) is 5.23. The van der Waals surface area contributed by atoms with Gasteiger partial charge in [-0.3, -0.25) is 0 Å². The molecular weight excluding hydrogens is 268 g/mol. The Kier molecular flexibility index (Phi) is 4.16. The van der Waals surface area contributed by atoms with Crippen molar-refractivity contribution in [2.75, 3.05) is 0 Å². The zero-order chi connectivity index (χ0) is 13.9. The summed E-state index contributed by atoms with van der Waals surface area (Å²) in [6, 6.07) is 12.6. The first kappa shape index (κ1) is 13.8. The summed E-state index contributed by atoms with van der Waals surface area (Å²) < 4.78 is 6.25. The Bertz CT molecular complexity index is 585. The van der Waals surface area contributed by atoms with E-state index < -0.39 is 0 Å². The Morgan fingerprint density at radius 3 is 2.55 bits per heavy atom. The zero-order valence-electron chi connectivity index (χ0n) is 11.9. The maximum Gasteiger partial charge on any atom is 0.124 e. The molecule has 0 aliphatic heterocycles. The van der Waals surface area contributed by atoms with E-state index in [1.54, 1.807) is 0 Å². The van der Waals surface area contributed by atoms with Crippen LogP contribution in [0.3, 0.4) is 0 Å². The number of hydrogen-bond donors (Lipinski definition) is 0. The average molecular weight is 289 g/mol. The summed E-state index contributed by atoms with van der Waals surface area (Å²) in [5.74, 6) is 2.32. The number of hydrogen-bond acceptors (Lipinski definition) is 1. The van der Waals surface area contributed by atoms with Crippen molar-refractivity contribution in [2.45, 2.75) is 44.6 Å². The van der Waals surface area contributed by atoms with Crippen LogP contribution in [-0.2, 0) is 5.88 Å². The van der Waals surface area contributed by atoms with Gasteiger partial charge in [0.1, 0.15) is 5.75 Å². The van der Waals surface area contributed by atoms with Crippen molar-refractivity contribution in [1.29, 1.82) is 0 Å². The SMILES string of the molecule is CC1CCC(Oc2ccc3ccccc3c2CCl)CC1. The molecule has 2 heteroatoms. The topological polar surface area (TPSA) is 9.23 Å². The van der Waals surface area contributed by atoms with Gasteiger partial charge >= 0.3 is 0 Å². The van der Waals surface area contributed by atoms with Crippen molar-refractivity contribution in [3.05, 3.63) is 42.0 Å². The Morgan fingerprint density at radius 2 is 1.80 bits per heavy atom. The molecule has 20 heavy (non-hydrogen) atoms. The largest absolute Gasteiger partial charge is 0.490 e. The number of ether oxygens (including phenoxy) is 1. The van der Waals surface area contributed by atoms with Crippen molar-refractivity contribution in [3.63, 3.8) is 0 Å². The van der Waals surface area contributed by atoms with E-state index in [4.69, 9.17) is 16.3 Å². The molecule has 1 fully saturated rings. The molecule has 0 N–H and O–H groups in total. The third-order valence-electron chi connectivity index (χ3n) is 4.39. The molecule has 2 aromatic rings. The highest BCUT2D eigenvalue weighted by atomic mass is 35.5. The molecular formula is C18H21ClO. The van der Waals surface area contributed by atoms with Crippen LogP contribution in [-0.4, -0.2) is 6.10 Å². The van der Waals surface area contributed by atoms with Gasteiger partial charge < -0.3 is 4.74 Å². The minimum atomic E-state index is 0.356. The van der Waals surface area contributed by atoms with Crippen LogP contribution in [0.4, 0.5) is 0 Å². The third kappa shape index (κ3) is 2.78. The highest BCUT2D eigenvalue weighted by Gasteiger charge is 2.20. The summed E-state index contributed by atoms with van der Waals surface area (Å²) in [4.78, 5) is 0. The predicted octanol–water partition coefficient (Wildman–Crippen LogP) is 5.54. The van der Waals surface area contributed by atoms with Crippen molar-refractivity contribution < 1.29 is 4.74 Å². The van der Waals surface area contributed by atoms with Crippen LogP contribution in [0.2, 0.25) is 0 Å². The highest BCUT2D eigenvalue weighted by Crippen LogP contribution is 2.33. The third-order valence-corrected chi connectivity index (χ3v) is 4.66. The Morgan fingerprint density at radius 1 is 1.05 bits per heavy atom. The van der Waals surface area contributed by atoms with E-state index in [1.807, 2.05) is 0 Å². The summed E-state index contributed by atoms with van der Waals surface area (Å²) in [5, 5.41) is 2.44. The van der Waals surface area contributed by atoms with Crippen molar-refractivity contribution >= 4 is 22.4 Å². The van der Waals surface area contributed by atoms with Gasteiger partial charge in [-0.05, 0) is 48.4 Å². The molecule has 0 atom stereocenters. The van der Waals surface area contributed by atoms with E-state index in [0.29, 0.717) is 12.0 Å². The second-order valence-electron chi connectivity index (χ2n) is 5.90. The summed E-state index contributed by atoms with van der Waals surface area (Å²) >= 11 is 6.17. The standard InChI is InChI=1S/C18H21ClO/c1-13-6-9-15(10-7-13)20-18-11-8-14-4-2-3-5-16(14)17(18)12-19/h2-5,8,11,13,15H,6-7,9-10,12H2,1H3. The van der Waals surface area contributed by atoms with E-state index in [1.165, 1.54) is 23.6 Å². The minimum absolute atomic E-state index is 0.356. The minimum Gasteiger partial charge on any atom is -0.490 e. The van der Waals surface area contributed by atoms with Crippen molar-refractivity contribution in [3.8, 4) is 5.75 Å². The van der Waals surface area contributed by atoms with E-state index in [-0.39, 0.29) is 0 Å². The molecule has 1 aliphatic carbocycles. The molecule has 1 saturated carbocycles. The molecule has 0 aromatic heterocycles. The van der Waals surface area contributed by atoms with E-state index >= 15 is 0 Å². The number of alkyl halides is 1. The van der Waals surface area contributed by atoms with E-state index in [2.05, 4.69) is 43.3 Å². The van der Waals surface area contributed by atoms with Crippen molar-refractivity contribution in [2.24, 2.45) is 5.92 Å². The van der Waals surface area contributed by atoms with Crippen LogP contribution in [0.25, 0.3) is 10.8 Å². The zero-order valence-corrected chi connectivity index (χ0v) is 12.7. The first-order valence-electron chi connectivity index (χ1n) is 7.51. The molecule has 0 amide bonds. The predicted molar refractivity (Wildman–Crippen MR) is 85.6 cm³/mol. The molecule has 3 rings (SSSR count). The average Bonchev–Trinajstić information content (AvgIpc) is 2.49. The molecule has 0 bridgehead atoms. The fourth-order valence-electron chi connectivity index (χ4n) is 3.09. The Hall–Kier alpha value is -1.21. The lowest BCUT2D eigenvalue weighted by molar-refractivity contribution is 0.135. The number of benzene rings is 2. The van der Waals surface area contributed by atoms with Gasteiger partial charge in [0.05, 0.1) is 12.0 Å². The van der Waals surface area contributed by atoms with E-state index in [0.717, 1.165) is 30.1 Å². The van der Waals surface area contributed by atoms with Gasteiger partial charge in [-0.15, -0.1) is 11.6 Å². The normalized spacial score (nSPS) is 22.9. The summed E-state index contributed by atoms with van der Waals surface area (Å²) in [5.41, 5.74) is 1.13. The Balaban J connectivity index is 1.87. The molecule has 0 saturated heterocycles. The lowest BCUT2D eigenvalue weighted by Gasteiger charge is -2.27. The van der Waals surface area contributed by atoms with Gasteiger partial charge in [0, 0.05) is 5.56 Å². The second kappa shape index (κ2) is 6.05. The highest BCUT2D eigenvalue weighted by molar-refractivity contribution is 6.18. The first-order valence-corrected chi connectivity index (χ1v) is 8.04. The summed E-state index contributed by atoms with van der Waals surface area (Å²) in [7, 11) is 0. The maximum absolute atomic E-state index is 6.25. The fraction of sp³-hybridized carbons (Fsp3) is 0.444. The monoisotopic (exact) mass is 288 g/mol. The molecule has 2 aromatic carbocycles. The molecule has 1 aliphatic rings. The van der Waals surface area contributed by atoms with Crippen molar-refractivity contribution in [1.82, 2.24) is 0 Å². The van der Waals surface area contributed by atoms with Gasteiger partial charge in [-0.1, -0.05) is 37.3 Å². The van der Waals surface area contributed by atoms with E-state index in [9.17, 15) is 0 Å². The van der Waals surface area contributed by atoms with Crippen LogP contribution in [0.15, 0.2) is 36.4 Å². The molecule has 0 radical (unpaired) electrons. The lowest BCUT2D eigenvalue weighted by Crippen LogP contribution is -2.23. The van der Waals surface area contributed by atoms with Gasteiger partial charge in [0.15, 0.2) is 0 Å².